The molecule has 2 fully saturated rings. The normalized spacial score (nSPS) is 42.0. The Hall–Kier alpha value is 0.310. The number of rotatable bonds is 4. The molecule has 0 N–H and O–H groups in total. The van der Waals surface area contributed by atoms with Crippen molar-refractivity contribution in [3.05, 3.63) is 0 Å². The third-order valence-electron chi connectivity index (χ3n) is 6.31. The van der Waals surface area contributed by atoms with Gasteiger partial charge in [0.05, 0.1) is 0 Å². The van der Waals surface area contributed by atoms with Gasteiger partial charge >= 0.3 is 0 Å². The maximum Gasteiger partial charge on any atom is 0.0204 e. The Labute approximate surface area is 118 Å². The lowest BCUT2D eigenvalue weighted by Gasteiger charge is -2.47. The van der Waals surface area contributed by atoms with E-state index in [0.29, 0.717) is 5.41 Å². The zero-order valence-corrected chi connectivity index (χ0v) is 13.7. The van der Waals surface area contributed by atoms with Gasteiger partial charge in [0, 0.05) is 6.04 Å². The van der Waals surface area contributed by atoms with Crippen molar-refractivity contribution in [1.82, 2.24) is 4.31 Å². The monoisotopic (exact) mass is 269 g/mol. The summed E-state index contributed by atoms with van der Waals surface area (Å²) in [7, 11) is 2.27. The van der Waals surface area contributed by atoms with Crippen LogP contribution in [0.5, 0.6) is 0 Å². The molecule has 0 aromatic heterocycles. The van der Waals surface area contributed by atoms with Crippen LogP contribution in [0.4, 0.5) is 0 Å². The molecule has 2 rings (SSSR count). The predicted octanol–water partition coefficient (Wildman–Crippen LogP) is 4.83. The van der Waals surface area contributed by atoms with E-state index in [1.165, 1.54) is 38.5 Å². The van der Waals surface area contributed by atoms with Gasteiger partial charge in [0.1, 0.15) is 0 Å². The summed E-state index contributed by atoms with van der Waals surface area (Å²) < 4.78 is 2.48. The summed E-state index contributed by atoms with van der Waals surface area (Å²) >= 11 is 1.90. The van der Waals surface area contributed by atoms with Crippen LogP contribution in [0.1, 0.15) is 59.3 Å². The molecule has 2 heteroatoms. The third-order valence-corrected chi connectivity index (χ3v) is 7.22. The van der Waals surface area contributed by atoms with E-state index in [1.807, 2.05) is 11.9 Å². The van der Waals surface area contributed by atoms with Crippen molar-refractivity contribution in [2.45, 2.75) is 65.3 Å². The topological polar surface area (TPSA) is 3.24 Å². The van der Waals surface area contributed by atoms with E-state index in [9.17, 15) is 0 Å². The smallest absolute Gasteiger partial charge is 0.0204 e. The zero-order valence-electron chi connectivity index (χ0n) is 12.9. The van der Waals surface area contributed by atoms with E-state index in [1.54, 1.807) is 0 Å². The first-order valence-electron chi connectivity index (χ1n) is 7.81. The summed E-state index contributed by atoms with van der Waals surface area (Å²) in [6.07, 6.45) is 11.0. The summed E-state index contributed by atoms with van der Waals surface area (Å²) in [4.78, 5) is 0. The molecule has 1 nitrogen and oxygen atoms in total. The Bertz CT molecular complexity index is 280. The van der Waals surface area contributed by atoms with Crippen molar-refractivity contribution >= 4 is 11.9 Å². The van der Waals surface area contributed by atoms with Gasteiger partial charge in [0.25, 0.3) is 0 Å². The maximum atomic E-state index is 2.61. The fourth-order valence-corrected chi connectivity index (χ4v) is 5.56. The Morgan fingerprint density at radius 3 is 2.67 bits per heavy atom. The fourth-order valence-electron chi connectivity index (χ4n) is 5.09. The molecule has 0 bridgehead atoms. The Morgan fingerprint density at radius 2 is 2.06 bits per heavy atom. The van der Waals surface area contributed by atoms with Crippen LogP contribution in [0, 0.1) is 23.2 Å². The molecule has 0 saturated heterocycles. The van der Waals surface area contributed by atoms with Gasteiger partial charge in [0.2, 0.25) is 0 Å². The summed E-state index contributed by atoms with van der Waals surface area (Å²) in [6, 6.07) is 0.727. The number of hydrogen-bond acceptors (Lipinski definition) is 2. The lowest BCUT2D eigenvalue weighted by molar-refractivity contribution is 0.0293. The number of nitrogens with zero attached hydrogens (tertiary/aromatic N) is 1. The molecule has 0 aromatic rings. The second-order valence-electron chi connectivity index (χ2n) is 6.83. The molecule has 5 unspecified atom stereocenters. The van der Waals surface area contributed by atoms with Crippen LogP contribution in [-0.2, 0) is 0 Å². The molecule has 0 radical (unpaired) electrons. The van der Waals surface area contributed by atoms with Gasteiger partial charge in [-0.1, -0.05) is 45.1 Å². The SMILES string of the molecule is CCC1CCCC2(C)C1CCC2C(C)N(C)SC. The van der Waals surface area contributed by atoms with Crippen molar-refractivity contribution in [1.29, 1.82) is 0 Å². The average molecular weight is 269 g/mol. The molecule has 0 spiro atoms. The standard InChI is InChI=1S/C16H31NS/c1-6-13-8-7-11-16(3)14(9-10-15(13)16)12(2)17(4)18-5/h12-15H,6-11H2,1-5H3. The van der Waals surface area contributed by atoms with Crippen LogP contribution < -0.4 is 0 Å². The van der Waals surface area contributed by atoms with Crippen molar-refractivity contribution < 1.29 is 0 Å². The van der Waals surface area contributed by atoms with Gasteiger partial charge < -0.3 is 0 Å². The molecule has 0 amide bonds. The molecule has 0 aliphatic heterocycles. The van der Waals surface area contributed by atoms with Crippen LogP contribution in [0.15, 0.2) is 0 Å². The predicted molar refractivity (Wildman–Crippen MR) is 82.7 cm³/mol. The quantitative estimate of drug-likeness (QED) is 0.673. The van der Waals surface area contributed by atoms with Crippen molar-refractivity contribution in [3.8, 4) is 0 Å². The summed E-state index contributed by atoms with van der Waals surface area (Å²) in [5, 5.41) is 0. The highest BCUT2D eigenvalue weighted by atomic mass is 32.2. The van der Waals surface area contributed by atoms with E-state index in [0.717, 1.165) is 23.8 Å². The second kappa shape index (κ2) is 5.75. The number of hydrogen-bond donors (Lipinski definition) is 0. The first-order chi connectivity index (χ1) is 8.54. The Kier molecular flexibility index (Phi) is 4.70. The lowest BCUT2D eigenvalue weighted by atomic mass is 9.60. The third kappa shape index (κ3) is 2.35. The van der Waals surface area contributed by atoms with Gasteiger partial charge in [-0.25, -0.2) is 0 Å². The van der Waals surface area contributed by atoms with Crippen molar-refractivity contribution in [2.24, 2.45) is 23.2 Å². The van der Waals surface area contributed by atoms with Crippen LogP contribution in [-0.4, -0.2) is 23.7 Å². The molecule has 106 valence electrons. The summed E-state index contributed by atoms with van der Waals surface area (Å²) in [5.74, 6) is 2.94. The van der Waals surface area contributed by atoms with Crippen LogP contribution in [0.2, 0.25) is 0 Å². The molecule has 2 aliphatic rings. The molecule has 0 heterocycles. The van der Waals surface area contributed by atoms with Gasteiger partial charge in [-0.3, -0.25) is 4.31 Å². The minimum Gasteiger partial charge on any atom is -0.251 e. The Balaban J connectivity index is 2.15. The first kappa shape index (κ1) is 14.7. The molecule has 0 aromatic carbocycles. The number of fused-ring (bicyclic) bond motifs is 1. The zero-order chi connectivity index (χ0) is 13.3. The van der Waals surface area contributed by atoms with Crippen LogP contribution in [0.25, 0.3) is 0 Å². The fraction of sp³-hybridized carbons (Fsp3) is 1.00. The van der Waals surface area contributed by atoms with Crippen LogP contribution >= 0.6 is 11.9 Å². The lowest BCUT2D eigenvalue weighted by Crippen LogP contribution is -2.43. The average Bonchev–Trinajstić information content (AvgIpc) is 2.73. The molecule has 2 saturated carbocycles. The highest BCUT2D eigenvalue weighted by molar-refractivity contribution is 7.96. The van der Waals surface area contributed by atoms with Crippen molar-refractivity contribution in [2.75, 3.05) is 13.3 Å². The van der Waals surface area contributed by atoms with Gasteiger partial charge in [-0.15, -0.1) is 0 Å². The first-order valence-corrected chi connectivity index (χ1v) is 8.99. The van der Waals surface area contributed by atoms with Crippen molar-refractivity contribution in [3.63, 3.8) is 0 Å². The highest BCUT2D eigenvalue weighted by Gasteiger charge is 2.52. The van der Waals surface area contributed by atoms with Gasteiger partial charge in [-0.2, -0.15) is 0 Å². The summed E-state index contributed by atoms with van der Waals surface area (Å²) in [6.45, 7) is 7.47. The Morgan fingerprint density at radius 1 is 1.33 bits per heavy atom. The molecule has 2 aliphatic carbocycles. The highest BCUT2D eigenvalue weighted by Crippen LogP contribution is 2.59. The van der Waals surface area contributed by atoms with Gasteiger partial charge in [0.15, 0.2) is 0 Å². The molecular formula is C16H31NS. The van der Waals surface area contributed by atoms with E-state index >= 15 is 0 Å². The van der Waals surface area contributed by atoms with Gasteiger partial charge in [-0.05, 0) is 62.7 Å². The molecule has 5 atom stereocenters. The van der Waals surface area contributed by atoms with E-state index < -0.39 is 0 Å². The van der Waals surface area contributed by atoms with E-state index in [-0.39, 0.29) is 0 Å². The van der Waals surface area contributed by atoms with E-state index in [4.69, 9.17) is 0 Å². The minimum absolute atomic E-state index is 0.627. The summed E-state index contributed by atoms with van der Waals surface area (Å²) in [5.41, 5.74) is 0.627. The molecular weight excluding hydrogens is 238 g/mol. The second-order valence-corrected chi connectivity index (χ2v) is 7.77. The largest absolute Gasteiger partial charge is 0.251 e. The maximum absolute atomic E-state index is 2.61. The van der Waals surface area contributed by atoms with Crippen LogP contribution in [0.3, 0.4) is 0 Å². The van der Waals surface area contributed by atoms with E-state index in [2.05, 4.69) is 38.4 Å². The molecule has 18 heavy (non-hydrogen) atoms. The minimum atomic E-state index is 0.627.